The molecule has 0 atom stereocenters. The lowest BCUT2D eigenvalue weighted by Gasteiger charge is -1.84. The highest BCUT2D eigenvalue weighted by molar-refractivity contribution is 6.13. The first-order valence-corrected chi connectivity index (χ1v) is 2.54. The van der Waals surface area contributed by atoms with Gasteiger partial charge in [0, 0.05) is 0 Å². The van der Waals surface area contributed by atoms with E-state index in [4.69, 9.17) is 11.9 Å². The summed E-state index contributed by atoms with van der Waals surface area (Å²) in [6.07, 6.45) is 3.68. The first-order chi connectivity index (χ1) is 3.81. The molecule has 0 bridgehead atoms. The first kappa shape index (κ1) is 7.50. The number of carbonyl (C=O) groups is 1. The van der Waals surface area contributed by atoms with Gasteiger partial charge in [-0.3, -0.25) is 4.79 Å². The van der Waals surface area contributed by atoms with E-state index in [0.29, 0.717) is 0 Å². The third kappa shape index (κ3) is 3.68. The van der Waals surface area contributed by atoms with Crippen LogP contribution < -0.4 is 0 Å². The monoisotopic (exact) mass is 134 g/mol. The topological polar surface area (TPSA) is 26.3 Å². The Hall–Kier alpha value is -0.500. The zero-order valence-electron chi connectivity index (χ0n) is 4.56. The third-order valence-electron chi connectivity index (χ3n) is 0.606. The maximum absolute atomic E-state index is 10.2. The molecule has 0 saturated carbocycles. The van der Waals surface area contributed by atoms with E-state index >= 15 is 0 Å². The minimum Gasteiger partial charge on any atom is -0.347 e. The van der Waals surface area contributed by atoms with Crippen LogP contribution in [0.1, 0.15) is 13.3 Å². The molecule has 0 aliphatic carbocycles. The molecule has 0 amide bonds. The number of carbonyl (C=O) groups excluding carboxylic acids is 1. The molecule has 0 fully saturated rings. The van der Waals surface area contributed by atoms with Crippen LogP contribution in [0.4, 0.5) is 0 Å². The van der Waals surface area contributed by atoms with Gasteiger partial charge in [0.2, 0.25) is 0 Å². The van der Waals surface area contributed by atoms with Crippen molar-refractivity contribution in [2.75, 3.05) is 0 Å². The highest BCUT2D eigenvalue weighted by Gasteiger charge is 1.93. The number of allylic oxidation sites excluding steroid dienone is 1. The Morgan fingerprint density at radius 3 is 2.88 bits per heavy atom. The third-order valence-corrected chi connectivity index (χ3v) is 0.778. The van der Waals surface area contributed by atoms with Crippen molar-refractivity contribution in [2.24, 2.45) is 0 Å². The van der Waals surface area contributed by atoms with Crippen molar-refractivity contribution in [1.29, 1.82) is 0 Å². The second-order valence-corrected chi connectivity index (χ2v) is 1.38. The van der Waals surface area contributed by atoms with E-state index in [1.807, 2.05) is 6.92 Å². The van der Waals surface area contributed by atoms with Gasteiger partial charge in [-0.25, -0.2) is 0 Å². The lowest BCUT2D eigenvalue weighted by atomic mass is 10.4. The Labute approximate surface area is 53.3 Å². The molecule has 0 aliphatic heterocycles. The van der Waals surface area contributed by atoms with Crippen molar-refractivity contribution < 1.29 is 9.08 Å². The van der Waals surface area contributed by atoms with Crippen molar-refractivity contribution in [3.05, 3.63) is 12.2 Å². The summed E-state index contributed by atoms with van der Waals surface area (Å²) in [4.78, 5) is 10.2. The summed E-state index contributed by atoms with van der Waals surface area (Å²) in [6.45, 7) is 1.82. The van der Waals surface area contributed by atoms with Gasteiger partial charge < -0.3 is 4.29 Å². The molecule has 8 heavy (non-hydrogen) atoms. The van der Waals surface area contributed by atoms with E-state index in [1.54, 1.807) is 12.2 Å². The van der Waals surface area contributed by atoms with Gasteiger partial charge in [0.1, 0.15) is 11.9 Å². The number of rotatable bonds is 2. The quantitative estimate of drug-likeness (QED) is 0.537. The van der Waals surface area contributed by atoms with E-state index in [-0.39, 0.29) is 6.42 Å². The van der Waals surface area contributed by atoms with E-state index in [0.717, 1.165) is 0 Å². The second-order valence-electron chi connectivity index (χ2n) is 1.22. The molecule has 46 valence electrons. The maximum atomic E-state index is 10.2. The van der Waals surface area contributed by atoms with Crippen molar-refractivity contribution in [2.45, 2.75) is 13.3 Å². The fraction of sp³-hybridized carbons (Fsp3) is 0.400. The van der Waals surface area contributed by atoms with Crippen LogP contribution in [-0.2, 0) is 9.08 Å². The molecule has 0 spiro atoms. The lowest BCUT2D eigenvalue weighted by molar-refractivity contribution is -0.132. The molecule has 0 N–H and O–H groups in total. The number of hydrogen-bond donors (Lipinski definition) is 0. The van der Waals surface area contributed by atoms with Crippen LogP contribution in [-0.4, -0.2) is 5.97 Å². The standard InChI is InChI=1S/C5H7ClO2/c1-2-3-4-5(7)8-6/h2-3H,4H2,1H3. The van der Waals surface area contributed by atoms with Crippen LogP contribution in [0.15, 0.2) is 12.2 Å². The van der Waals surface area contributed by atoms with Crippen LogP contribution in [0, 0.1) is 0 Å². The molecule has 0 unspecified atom stereocenters. The Morgan fingerprint density at radius 1 is 1.88 bits per heavy atom. The average Bonchev–Trinajstić information content (AvgIpc) is 1.83. The SMILES string of the molecule is CC=CCC(=O)OCl. The predicted molar refractivity (Wildman–Crippen MR) is 31.4 cm³/mol. The van der Waals surface area contributed by atoms with Gasteiger partial charge in [-0.15, -0.1) is 0 Å². The summed E-state index contributed by atoms with van der Waals surface area (Å²) in [7, 11) is 0. The van der Waals surface area contributed by atoms with Crippen molar-refractivity contribution in [3.8, 4) is 0 Å². The van der Waals surface area contributed by atoms with Crippen LogP contribution in [0.25, 0.3) is 0 Å². The zero-order valence-corrected chi connectivity index (χ0v) is 5.31. The molecule has 3 heteroatoms. The predicted octanol–water partition coefficient (Wildman–Crippen LogP) is 1.65. The van der Waals surface area contributed by atoms with Gasteiger partial charge in [-0.2, -0.15) is 0 Å². The van der Waals surface area contributed by atoms with Gasteiger partial charge in [0.15, 0.2) is 0 Å². The number of hydrogen-bond acceptors (Lipinski definition) is 2. The Morgan fingerprint density at radius 2 is 2.50 bits per heavy atom. The van der Waals surface area contributed by atoms with Crippen LogP contribution in [0.5, 0.6) is 0 Å². The normalized spacial score (nSPS) is 9.75. The van der Waals surface area contributed by atoms with Gasteiger partial charge >= 0.3 is 5.97 Å². The molecule has 0 aliphatic rings. The fourth-order valence-electron chi connectivity index (χ4n) is 0.246. The van der Waals surface area contributed by atoms with Crippen molar-refractivity contribution in [3.63, 3.8) is 0 Å². The summed E-state index contributed by atoms with van der Waals surface area (Å²) in [5.74, 6) is -0.426. The molecular formula is C5H7ClO2. The van der Waals surface area contributed by atoms with E-state index in [2.05, 4.69) is 4.29 Å². The molecule has 2 nitrogen and oxygen atoms in total. The molecule has 0 rings (SSSR count). The zero-order chi connectivity index (χ0) is 6.41. The summed E-state index contributed by atoms with van der Waals surface area (Å²) in [5, 5.41) is 0. The summed E-state index contributed by atoms with van der Waals surface area (Å²) < 4.78 is 3.83. The molecule has 0 aromatic heterocycles. The number of halogens is 1. The molecule has 0 aromatic rings. The molecular weight excluding hydrogens is 128 g/mol. The highest BCUT2D eigenvalue weighted by Crippen LogP contribution is 1.89. The second kappa shape index (κ2) is 4.65. The molecule has 0 radical (unpaired) electrons. The Bertz CT molecular complexity index is 98.6. The van der Waals surface area contributed by atoms with Crippen molar-refractivity contribution in [1.82, 2.24) is 0 Å². The summed E-state index contributed by atoms with van der Waals surface area (Å²) in [5.41, 5.74) is 0. The van der Waals surface area contributed by atoms with E-state index < -0.39 is 5.97 Å². The smallest absolute Gasteiger partial charge is 0.328 e. The largest absolute Gasteiger partial charge is 0.347 e. The summed E-state index contributed by atoms with van der Waals surface area (Å²) in [6, 6.07) is 0. The van der Waals surface area contributed by atoms with E-state index in [1.165, 1.54) is 0 Å². The average molecular weight is 135 g/mol. The van der Waals surface area contributed by atoms with Gasteiger partial charge in [-0.1, -0.05) is 12.2 Å². The minimum atomic E-state index is -0.426. The van der Waals surface area contributed by atoms with Crippen LogP contribution >= 0.6 is 11.9 Å². The summed E-state index contributed by atoms with van der Waals surface area (Å²) >= 11 is 4.70. The fourth-order valence-corrected chi connectivity index (χ4v) is 0.309. The molecule has 0 aromatic carbocycles. The Kier molecular flexibility index (Phi) is 4.36. The van der Waals surface area contributed by atoms with Crippen LogP contribution in [0.2, 0.25) is 0 Å². The molecule has 0 heterocycles. The maximum Gasteiger partial charge on any atom is 0.328 e. The minimum absolute atomic E-state index is 0.250. The lowest BCUT2D eigenvalue weighted by Crippen LogP contribution is -1.91. The highest BCUT2D eigenvalue weighted by atomic mass is 35.5. The van der Waals surface area contributed by atoms with Gasteiger partial charge in [-0.05, 0) is 6.92 Å². The first-order valence-electron chi connectivity index (χ1n) is 2.24. The van der Waals surface area contributed by atoms with Crippen LogP contribution in [0.3, 0.4) is 0 Å². The molecule has 0 saturated heterocycles. The van der Waals surface area contributed by atoms with Gasteiger partial charge in [0.05, 0.1) is 6.42 Å². The Balaban J connectivity index is 3.25. The van der Waals surface area contributed by atoms with E-state index in [9.17, 15) is 4.79 Å². The van der Waals surface area contributed by atoms with Crippen molar-refractivity contribution >= 4 is 17.8 Å². The van der Waals surface area contributed by atoms with Gasteiger partial charge in [0.25, 0.3) is 0 Å².